The topological polar surface area (TPSA) is 238 Å². The summed E-state index contributed by atoms with van der Waals surface area (Å²) >= 11 is 0. The number of nitrogens with two attached hydrogens (primary N) is 4. The monoisotopic (exact) mass is 821 g/mol. The summed E-state index contributed by atoms with van der Waals surface area (Å²) in [5, 5.41) is 8.79. The quantitative estimate of drug-likeness (QED) is 0.0200. The third-order valence-corrected chi connectivity index (χ3v) is 10.8. The fourth-order valence-electron chi connectivity index (χ4n) is 7.35. The average Bonchev–Trinajstić information content (AvgIpc) is 3.18. The number of guanidine groups is 1. The Hall–Kier alpha value is -3.06. The molecule has 338 valence electrons. The van der Waals surface area contributed by atoms with Gasteiger partial charge in [-0.25, -0.2) is 0 Å². The maximum Gasteiger partial charge on any atom is 0.243 e. The zero-order valence-corrected chi connectivity index (χ0v) is 37.4. The standard InChI is InChI=1S/C45H88N8O5/c1-5-7-8-9-10-11-12-13-14-15-16-17-18-19-20-29-42(56)51-39(27-22-24-31-47)44(58)53-38(26-21-23-30-46)41(55)34-36(33-35(3)4)43(57)52-37(40(54)6-2)28-25-32-50-45(48)49/h35-39H,5-34,46-47H2,1-4H3,(H,51,56)(H,52,57)(H,53,58)(H4,48,49,50)/t36-,37+,38+,39+/m1/s1. The number of nitrogens with zero attached hydrogens (tertiary/aromatic N) is 1. The Bertz CT molecular complexity index is 1130. The predicted molar refractivity (Wildman–Crippen MR) is 239 cm³/mol. The van der Waals surface area contributed by atoms with E-state index in [4.69, 9.17) is 22.9 Å². The van der Waals surface area contributed by atoms with Crippen LogP contribution in [0.2, 0.25) is 0 Å². The molecule has 0 heterocycles. The van der Waals surface area contributed by atoms with Gasteiger partial charge in [0.15, 0.2) is 17.5 Å². The van der Waals surface area contributed by atoms with E-state index in [9.17, 15) is 24.0 Å². The number of aliphatic imine (C=N–C) groups is 1. The van der Waals surface area contributed by atoms with Gasteiger partial charge in [0.2, 0.25) is 17.7 Å². The summed E-state index contributed by atoms with van der Waals surface area (Å²) in [5.41, 5.74) is 22.4. The number of amides is 3. The van der Waals surface area contributed by atoms with Crippen LogP contribution in [0.25, 0.3) is 0 Å². The number of rotatable bonds is 40. The van der Waals surface area contributed by atoms with Crippen LogP contribution in [0.15, 0.2) is 4.99 Å². The smallest absolute Gasteiger partial charge is 0.243 e. The summed E-state index contributed by atoms with van der Waals surface area (Å²) in [6, 6.07) is -2.36. The number of ketones is 2. The molecule has 13 heteroatoms. The van der Waals surface area contributed by atoms with E-state index in [1.807, 2.05) is 13.8 Å². The minimum absolute atomic E-state index is 0.0364. The number of nitrogens with one attached hydrogen (secondary N) is 3. The van der Waals surface area contributed by atoms with Crippen LogP contribution in [-0.4, -0.2) is 73.0 Å². The van der Waals surface area contributed by atoms with Gasteiger partial charge in [0.05, 0.1) is 12.1 Å². The van der Waals surface area contributed by atoms with Gasteiger partial charge in [-0.1, -0.05) is 118 Å². The number of hydrogen-bond donors (Lipinski definition) is 7. The van der Waals surface area contributed by atoms with Crippen molar-refractivity contribution in [3.63, 3.8) is 0 Å². The maximum atomic E-state index is 14.0. The van der Waals surface area contributed by atoms with Crippen molar-refractivity contribution in [2.75, 3.05) is 19.6 Å². The minimum atomic E-state index is -0.848. The van der Waals surface area contributed by atoms with Gasteiger partial charge in [0.25, 0.3) is 0 Å². The summed E-state index contributed by atoms with van der Waals surface area (Å²) in [6.45, 7) is 9.20. The number of carbonyl (C=O) groups excluding carboxylic acids is 5. The summed E-state index contributed by atoms with van der Waals surface area (Å²) in [7, 11) is 0. The van der Waals surface area contributed by atoms with Gasteiger partial charge in [-0.2, -0.15) is 0 Å². The lowest BCUT2D eigenvalue weighted by Gasteiger charge is -2.26. The van der Waals surface area contributed by atoms with Gasteiger partial charge >= 0.3 is 0 Å². The highest BCUT2D eigenvalue weighted by Gasteiger charge is 2.31. The molecule has 3 amide bonds. The molecule has 0 saturated carbocycles. The Balaban J connectivity index is 5.32. The van der Waals surface area contributed by atoms with Crippen LogP contribution in [0.1, 0.15) is 201 Å². The van der Waals surface area contributed by atoms with Crippen LogP contribution in [-0.2, 0) is 24.0 Å². The highest BCUT2D eigenvalue weighted by atomic mass is 16.2. The summed E-state index contributed by atoms with van der Waals surface area (Å²) < 4.78 is 0. The van der Waals surface area contributed by atoms with Crippen molar-refractivity contribution in [2.24, 2.45) is 39.8 Å². The lowest BCUT2D eigenvalue weighted by molar-refractivity contribution is -0.135. The minimum Gasteiger partial charge on any atom is -0.370 e. The maximum absolute atomic E-state index is 14.0. The third-order valence-electron chi connectivity index (χ3n) is 10.8. The zero-order chi connectivity index (χ0) is 43.4. The molecule has 0 radical (unpaired) electrons. The largest absolute Gasteiger partial charge is 0.370 e. The van der Waals surface area contributed by atoms with E-state index in [2.05, 4.69) is 27.9 Å². The number of unbranched alkanes of at least 4 members (excludes halogenated alkanes) is 16. The molecule has 58 heavy (non-hydrogen) atoms. The molecule has 0 aliphatic rings. The first-order chi connectivity index (χ1) is 27.9. The molecule has 0 saturated heterocycles. The van der Waals surface area contributed by atoms with Gasteiger partial charge in [-0.3, -0.25) is 29.0 Å². The van der Waals surface area contributed by atoms with E-state index in [0.29, 0.717) is 83.8 Å². The van der Waals surface area contributed by atoms with E-state index >= 15 is 0 Å². The molecule has 0 fully saturated rings. The van der Waals surface area contributed by atoms with Crippen molar-refractivity contribution in [1.82, 2.24) is 16.0 Å². The molecule has 0 aliphatic heterocycles. The van der Waals surface area contributed by atoms with Crippen LogP contribution >= 0.6 is 0 Å². The molecular formula is C45H88N8O5. The van der Waals surface area contributed by atoms with Gasteiger partial charge in [0.1, 0.15) is 6.04 Å². The fraction of sp³-hybridized carbons (Fsp3) is 0.867. The Morgan fingerprint density at radius 3 is 1.48 bits per heavy atom. The van der Waals surface area contributed by atoms with E-state index in [1.54, 1.807) is 6.92 Å². The lowest BCUT2D eigenvalue weighted by atomic mass is 9.88. The van der Waals surface area contributed by atoms with Crippen molar-refractivity contribution < 1.29 is 24.0 Å². The average molecular weight is 821 g/mol. The van der Waals surface area contributed by atoms with Crippen LogP contribution in [0, 0.1) is 11.8 Å². The van der Waals surface area contributed by atoms with Crippen molar-refractivity contribution in [3.8, 4) is 0 Å². The zero-order valence-electron chi connectivity index (χ0n) is 37.4. The second kappa shape index (κ2) is 37.0. The third kappa shape index (κ3) is 30.1. The molecule has 11 N–H and O–H groups in total. The van der Waals surface area contributed by atoms with E-state index in [-0.39, 0.29) is 48.1 Å². The van der Waals surface area contributed by atoms with Crippen molar-refractivity contribution in [2.45, 2.75) is 219 Å². The van der Waals surface area contributed by atoms with Gasteiger partial charge in [0, 0.05) is 31.7 Å². The SMILES string of the molecule is CCCCCCCCCCCCCCCCCC(=O)N[C@@H](CCCCN)C(=O)N[C@@H](CCCCN)C(=O)C[C@@H](CC(C)C)C(=O)N[C@@H](CCCN=C(N)N)C(=O)CC. The first kappa shape index (κ1) is 54.9. The summed E-state index contributed by atoms with van der Waals surface area (Å²) in [5.74, 6) is -1.95. The molecule has 0 spiro atoms. The molecule has 0 bridgehead atoms. The van der Waals surface area contributed by atoms with Gasteiger partial charge in [-0.15, -0.1) is 0 Å². The van der Waals surface area contributed by atoms with Crippen LogP contribution in [0.4, 0.5) is 0 Å². The molecule has 0 aliphatic carbocycles. The highest BCUT2D eigenvalue weighted by Crippen LogP contribution is 2.20. The molecular weight excluding hydrogens is 733 g/mol. The highest BCUT2D eigenvalue weighted by molar-refractivity contribution is 5.95. The molecule has 0 aromatic heterocycles. The predicted octanol–water partition coefficient (Wildman–Crippen LogP) is 6.61. The van der Waals surface area contributed by atoms with Crippen molar-refractivity contribution >= 4 is 35.2 Å². The Kier molecular flexibility index (Phi) is 35.0. The van der Waals surface area contributed by atoms with E-state index < -0.39 is 30.0 Å². The van der Waals surface area contributed by atoms with Crippen LogP contribution < -0.4 is 38.9 Å². The molecule has 0 unspecified atom stereocenters. The Labute approximate surface area is 353 Å². The fourth-order valence-corrected chi connectivity index (χ4v) is 7.35. The van der Waals surface area contributed by atoms with Crippen molar-refractivity contribution in [1.29, 1.82) is 0 Å². The summed E-state index contributed by atoms with van der Waals surface area (Å²) in [6.07, 6.45) is 23.9. The van der Waals surface area contributed by atoms with Crippen LogP contribution in [0.3, 0.4) is 0 Å². The molecule has 13 nitrogen and oxygen atoms in total. The second-order valence-electron chi connectivity index (χ2n) is 16.8. The van der Waals surface area contributed by atoms with E-state index in [1.165, 1.54) is 77.0 Å². The molecule has 0 aromatic rings. The number of Topliss-reactive ketones (excluding diaryl/α,β-unsaturated/α-hetero) is 2. The Morgan fingerprint density at radius 1 is 0.534 bits per heavy atom. The van der Waals surface area contributed by atoms with E-state index in [0.717, 1.165) is 19.3 Å². The van der Waals surface area contributed by atoms with Crippen molar-refractivity contribution in [3.05, 3.63) is 0 Å². The second-order valence-corrected chi connectivity index (χ2v) is 16.8. The first-order valence-corrected chi connectivity index (χ1v) is 23.3. The molecule has 0 aromatic carbocycles. The lowest BCUT2D eigenvalue weighted by Crippen LogP contribution is -2.52. The Morgan fingerprint density at radius 2 is 1.00 bits per heavy atom. The van der Waals surface area contributed by atoms with Gasteiger partial charge in [-0.05, 0) is 83.2 Å². The van der Waals surface area contributed by atoms with Crippen LogP contribution in [0.5, 0.6) is 0 Å². The molecule has 4 atom stereocenters. The number of carbonyl (C=O) groups is 5. The van der Waals surface area contributed by atoms with Gasteiger partial charge < -0.3 is 38.9 Å². The first-order valence-electron chi connectivity index (χ1n) is 23.3. The summed E-state index contributed by atoms with van der Waals surface area (Å²) in [4.78, 5) is 71.2. The normalized spacial score (nSPS) is 13.4. The number of hydrogen-bond acceptors (Lipinski definition) is 8. The molecule has 0 rings (SSSR count).